The molecular weight excluding hydrogens is 434 g/mol. The number of para-hydroxylation sites is 1. The van der Waals surface area contributed by atoms with E-state index in [1.165, 1.54) is 11.3 Å². The van der Waals surface area contributed by atoms with E-state index in [0.717, 1.165) is 59.6 Å². The topological polar surface area (TPSA) is 80.2 Å². The number of hydrogen-bond acceptors (Lipinski definition) is 7. The van der Waals surface area contributed by atoms with Gasteiger partial charge in [-0.3, -0.25) is 4.98 Å². The minimum Gasteiger partial charge on any atom is -0.443 e. The van der Waals surface area contributed by atoms with E-state index in [2.05, 4.69) is 44.5 Å². The van der Waals surface area contributed by atoms with E-state index < -0.39 is 0 Å². The summed E-state index contributed by atoms with van der Waals surface area (Å²) in [6.45, 7) is 2.66. The minimum absolute atomic E-state index is 0.211. The van der Waals surface area contributed by atoms with Crippen LogP contribution < -0.4 is 10.2 Å². The molecule has 4 aromatic rings. The summed E-state index contributed by atoms with van der Waals surface area (Å²) in [7, 11) is 0. The largest absolute Gasteiger partial charge is 0.443 e. The maximum absolute atomic E-state index is 11.9. The number of nitrogens with zero attached hydrogens (tertiary/aromatic N) is 4. The van der Waals surface area contributed by atoms with Gasteiger partial charge in [0.25, 0.3) is 0 Å². The van der Waals surface area contributed by atoms with Crippen LogP contribution in [0, 0.1) is 5.92 Å². The van der Waals surface area contributed by atoms with Gasteiger partial charge >= 0.3 is 6.09 Å². The van der Waals surface area contributed by atoms with Crippen LogP contribution in [0.15, 0.2) is 65.6 Å². The third-order valence-electron chi connectivity index (χ3n) is 5.97. The number of carbonyl (C=O) groups is 1. The van der Waals surface area contributed by atoms with Gasteiger partial charge in [0.2, 0.25) is 0 Å². The number of nitrogens with one attached hydrogen (secondary N) is 1. The highest BCUT2D eigenvalue weighted by molar-refractivity contribution is 7.07. The molecule has 33 heavy (non-hydrogen) atoms. The Morgan fingerprint density at radius 1 is 1.09 bits per heavy atom. The van der Waals surface area contributed by atoms with Crippen molar-refractivity contribution in [2.75, 3.05) is 24.5 Å². The van der Waals surface area contributed by atoms with Crippen LogP contribution in [0.4, 0.5) is 10.6 Å². The molecule has 1 aliphatic rings. The lowest BCUT2D eigenvalue weighted by molar-refractivity contribution is 0.136. The Hall–Kier alpha value is -3.52. The molecule has 0 atom stereocenters. The fraction of sp³-hybridized carbons (Fsp3) is 0.280. The van der Waals surface area contributed by atoms with Gasteiger partial charge in [-0.05, 0) is 43.0 Å². The van der Waals surface area contributed by atoms with E-state index in [1.807, 2.05) is 35.8 Å². The van der Waals surface area contributed by atoms with E-state index in [0.29, 0.717) is 12.5 Å². The summed E-state index contributed by atoms with van der Waals surface area (Å²) in [6, 6.07) is 16.4. The molecule has 8 heteroatoms. The Bertz CT molecular complexity index is 1220. The summed E-state index contributed by atoms with van der Waals surface area (Å²) < 4.78 is 5.22. The zero-order valence-electron chi connectivity index (χ0n) is 18.2. The van der Waals surface area contributed by atoms with E-state index in [4.69, 9.17) is 9.72 Å². The third-order valence-corrected chi connectivity index (χ3v) is 6.60. The second kappa shape index (κ2) is 9.95. The minimum atomic E-state index is -0.385. The number of benzene rings is 1. The van der Waals surface area contributed by atoms with Gasteiger partial charge in [0.1, 0.15) is 12.4 Å². The number of fused-ring (bicyclic) bond motifs is 1. The lowest BCUT2D eigenvalue weighted by atomic mass is 9.97. The normalized spacial score (nSPS) is 14.4. The van der Waals surface area contributed by atoms with E-state index in [-0.39, 0.29) is 12.7 Å². The average molecular weight is 460 g/mol. The molecule has 0 bridgehead atoms. The van der Waals surface area contributed by atoms with Crippen LogP contribution in [-0.2, 0) is 11.3 Å². The molecule has 0 spiro atoms. The Morgan fingerprint density at radius 3 is 2.82 bits per heavy atom. The van der Waals surface area contributed by atoms with Gasteiger partial charge in [-0.1, -0.05) is 24.3 Å². The van der Waals surface area contributed by atoms with Crippen molar-refractivity contribution >= 4 is 34.2 Å². The first-order chi connectivity index (χ1) is 16.3. The number of piperidine rings is 1. The number of amides is 1. The molecule has 0 saturated carbocycles. The summed E-state index contributed by atoms with van der Waals surface area (Å²) in [6.07, 6.45) is 3.45. The maximum Gasteiger partial charge on any atom is 0.407 e. The number of hydrogen-bond donors (Lipinski definition) is 1. The molecule has 0 radical (unpaired) electrons. The summed E-state index contributed by atoms with van der Waals surface area (Å²) in [4.78, 5) is 27.8. The molecule has 1 fully saturated rings. The number of pyridine rings is 2. The van der Waals surface area contributed by atoms with Crippen molar-refractivity contribution < 1.29 is 9.53 Å². The SMILES string of the molecule is O=C(NCC1CCN(c2cccc(-c3ccnc4ccccc34)n2)CC1)OCc1cscn1. The molecule has 1 saturated heterocycles. The molecule has 1 aliphatic heterocycles. The number of carbonyl (C=O) groups excluding carboxylic acids is 1. The fourth-order valence-electron chi connectivity index (χ4n) is 4.16. The van der Waals surface area contributed by atoms with Crippen LogP contribution >= 0.6 is 11.3 Å². The van der Waals surface area contributed by atoms with E-state index in [1.54, 1.807) is 5.51 Å². The summed E-state index contributed by atoms with van der Waals surface area (Å²) in [5.41, 5.74) is 5.53. The van der Waals surface area contributed by atoms with Crippen LogP contribution in [0.1, 0.15) is 18.5 Å². The highest BCUT2D eigenvalue weighted by Gasteiger charge is 2.21. The van der Waals surface area contributed by atoms with Gasteiger partial charge < -0.3 is 15.0 Å². The second-order valence-corrected chi connectivity index (χ2v) is 8.84. The highest BCUT2D eigenvalue weighted by atomic mass is 32.1. The van der Waals surface area contributed by atoms with Crippen molar-refractivity contribution in [3.8, 4) is 11.3 Å². The summed E-state index contributed by atoms with van der Waals surface area (Å²) in [5, 5.41) is 5.88. The number of rotatable bonds is 6. The first-order valence-electron chi connectivity index (χ1n) is 11.1. The Labute approximate surface area is 196 Å². The summed E-state index contributed by atoms with van der Waals surface area (Å²) >= 11 is 1.49. The van der Waals surface area contributed by atoms with Gasteiger partial charge in [-0.15, -0.1) is 11.3 Å². The van der Waals surface area contributed by atoms with Gasteiger partial charge in [0, 0.05) is 42.2 Å². The monoisotopic (exact) mass is 459 g/mol. The molecule has 7 nitrogen and oxygen atoms in total. The van der Waals surface area contributed by atoms with Crippen LogP contribution in [0.2, 0.25) is 0 Å². The first kappa shape index (κ1) is 21.3. The lowest BCUT2D eigenvalue weighted by Gasteiger charge is -2.33. The van der Waals surface area contributed by atoms with Crippen molar-refractivity contribution in [2.45, 2.75) is 19.4 Å². The molecule has 0 aliphatic carbocycles. The molecule has 1 aromatic carbocycles. The quantitative estimate of drug-likeness (QED) is 0.442. The van der Waals surface area contributed by atoms with Crippen molar-refractivity contribution in [2.24, 2.45) is 5.92 Å². The smallest absolute Gasteiger partial charge is 0.407 e. The maximum atomic E-state index is 11.9. The predicted octanol–water partition coefficient (Wildman–Crippen LogP) is 4.90. The Morgan fingerprint density at radius 2 is 1.97 bits per heavy atom. The van der Waals surface area contributed by atoms with Crippen LogP contribution in [0.3, 0.4) is 0 Å². The number of ether oxygens (including phenoxy) is 1. The first-order valence-corrected chi connectivity index (χ1v) is 12.0. The molecule has 5 rings (SSSR count). The van der Waals surface area contributed by atoms with Crippen LogP contribution in [-0.4, -0.2) is 40.7 Å². The molecule has 1 N–H and O–H groups in total. The van der Waals surface area contributed by atoms with E-state index >= 15 is 0 Å². The highest BCUT2D eigenvalue weighted by Crippen LogP contribution is 2.28. The summed E-state index contributed by atoms with van der Waals surface area (Å²) in [5.74, 6) is 1.42. The standard InChI is InChI=1S/C25H25N5O2S/c31-25(32-15-19-16-33-17-28-19)27-14-18-9-12-30(13-10-18)24-7-3-6-23(29-24)21-8-11-26-22-5-2-1-4-20(21)22/h1-8,11,16-18H,9-10,12-15H2,(H,27,31). The van der Waals surface area contributed by atoms with Crippen molar-refractivity contribution in [3.05, 3.63) is 71.3 Å². The zero-order chi connectivity index (χ0) is 22.5. The number of anilines is 1. The van der Waals surface area contributed by atoms with Gasteiger partial charge in [0.05, 0.1) is 22.4 Å². The van der Waals surface area contributed by atoms with E-state index in [9.17, 15) is 4.79 Å². The second-order valence-electron chi connectivity index (χ2n) is 8.12. The lowest BCUT2D eigenvalue weighted by Crippen LogP contribution is -2.39. The number of aromatic nitrogens is 3. The molecule has 168 valence electrons. The average Bonchev–Trinajstić information content (AvgIpc) is 3.40. The third kappa shape index (κ3) is 5.12. The van der Waals surface area contributed by atoms with Gasteiger partial charge in [-0.25, -0.2) is 14.8 Å². The molecule has 0 unspecified atom stereocenters. The molecule has 3 aromatic heterocycles. The Kier molecular flexibility index (Phi) is 6.44. The van der Waals surface area contributed by atoms with Gasteiger partial charge in [-0.2, -0.15) is 0 Å². The van der Waals surface area contributed by atoms with Crippen molar-refractivity contribution in [3.63, 3.8) is 0 Å². The molecule has 4 heterocycles. The molecule has 1 amide bonds. The predicted molar refractivity (Wildman–Crippen MR) is 130 cm³/mol. The number of thiazole rings is 1. The fourth-order valence-corrected chi connectivity index (χ4v) is 4.70. The zero-order valence-corrected chi connectivity index (χ0v) is 19.0. The van der Waals surface area contributed by atoms with Crippen molar-refractivity contribution in [1.29, 1.82) is 0 Å². The van der Waals surface area contributed by atoms with Crippen LogP contribution in [0.25, 0.3) is 22.2 Å². The molecular formula is C25H25N5O2S. The van der Waals surface area contributed by atoms with Gasteiger partial charge in [0.15, 0.2) is 0 Å². The Balaban J connectivity index is 1.16. The van der Waals surface area contributed by atoms with Crippen molar-refractivity contribution in [1.82, 2.24) is 20.3 Å². The number of alkyl carbamates (subject to hydrolysis) is 1. The van der Waals surface area contributed by atoms with Crippen LogP contribution in [0.5, 0.6) is 0 Å².